The van der Waals surface area contributed by atoms with Gasteiger partial charge in [-0.2, -0.15) is 8.42 Å². The Morgan fingerprint density at radius 2 is 1.90 bits per heavy atom. The lowest BCUT2D eigenvalue weighted by atomic mass is 10.0. The Morgan fingerprint density at radius 3 is 2.34 bits per heavy atom. The summed E-state index contributed by atoms with van der Waals surface area (Å²) < 4.78 is 29.7. The zero-order chi connectivity index (χ0) is 22.0. The summed E-state index contributed by atoms with van der Waals surface area (Å²) in [4.78, 5) is 16.4. The molecule has 1 aromatic carbocycles. The van der Waals surface area contributed by atoms with Crippen LogP contribution in [0.3, 0.4) is 0 Å². The molecule has 1 aliphatic heterocycles. The number of ketones is 1. The first-order valence-electron chi connectivity index (χ1n) is 9.30. The summed E-state index contributed by atoms with van der Waals surface area (Å²) in [7, 11) is -1.24. The molecule has 0 bridgehead atoms. The molecule has 2 rings (SSSR count). The molecule has 160 valence electrons. The third-order valence-electron chi connectivity index (χ3n) is 4.35. The number of benzene rings is 1. The van der Waals surface area contributed by atoms with Crippen molar-refractivity contribution in [1.82, 2.24) is 4.90 Å². The van der Waals surface area contributed by atoms with Crippen LogP contribution in [0.25, 0.3) is 6.08 Å². The first kappa shape index (κ1) is 24.6. The molecule has 0 atom stereocenters. The smallest absolute Gasteiger partial charge is 0.377 e. The lowest BCUT2D eigenvalue weighted by Crippen LogP contribution is -2.22. The van der Waals surface area contributed by atoms with Crippen LogP contribution in [0.1, 0.15) is 36.7 Å². The van der Waals surface area contributed by atoms with E-state index in [1.165, 1.54) is 5.57 Å². The summed E-state index contributed by atoms with van der Waals surface area (Å²) in [5.41, 5.74) is 4.03. The van der Waals surface area contributed by atoms with Gasteiger partial charge in [0.1, 0.15) is 0 Å². The lowest BCUT2D eigenvalue weighted by Gasteiger charge is -2.22. The van der Waals surface area contributed by atoms with Gasteiger partial charge in [0, 0.05) is 37.9 Å². The van der Waals surface area contributed by atoms with Crippen molar-refractivity contribution in [3.8, 4) is 0 Å². The molecular weight excluding hydrogens is 392 g/mol. The van der Waals surface area contributed by atoms with Gasteiger partial charge in [0.15, 0.2) is 5.78 Å². The van der Waals surface area contributed by atoms with Gasteiger partial charge in [-0.15, -0.1) is 0 Å². The molecule has 0 spiro atoms. The van der Waals surface area contributed by atoms with E-state index < -0.39 is 10.4 Å². The summed E-state index contributed by atoms with van der Waals surface area (Å²) in [6.07, 6.45) is 10.4. The second-order valence-electron chi connectivity index (χ2n) is 6.39. The number of Topliss-reactive ketones (excluding diaryl/α,β-unsaturated/α-hetero) is 1. The Kier molecular flexibility index (Phi) is 9.80. The first-order chi connectivity index (χ1) is 13.6. The van der Waals surface area contributed by atoms with Gasteiger partial charge < -0.3 is 9.80 Å². The molecule has 0 unspecified atom stereocenters. The van der Waals surface area contributed by atoms with E-state index in [0.29, 0.717) is 0 Å². The predicted octanol–water partition coefficient (Wildman–Crippen LogP) is 3.57. The number of likely N-dealkylation sites (N-methyl/N-ethyl adjacent to an activating group) is 1. The van der Waals surface area contributed by atoms with Crippen molar-refractivity contribution < 1.29 is 21.9 Å². The molecule has 0 saturated carbocycles. The fourth-order valence-corrected chi connectivity index (χ4v) is 2.68. The van der Waals surface area contributed by atoms with Gasteiger partial charge >= 0.3 is 10.4 Å². The normalized spacial score (nSPS) is 13.7. The van der Waals surface area contributed by atoms with E-state index in [4.69, 9.17) is 4.55 Å². The maximum atomic E-state index is 12.0. The Hall–Kier alpha value is -2.42. The van der Waals surface area contributed by atoms with Crippen molar-refractivity contribution in [2.75, 3.05) is 38.7 Å². The van der Waals surface area contributed by atoms with E-state index >= 15 is 0 Å². The second-order valence-corrected chi connectivity index (χ2v) is 7.58. The highest BCUT2D eigenvalue weighted by Gasteiger charge is 2.09. The molecular formula is C21H30N2O5S. The fourth-order valence-electron chi connectivity index (χ4n) is 2.68. The average Bonchev–Trinajstić information content (AvgIpc) is 2.69. The number of allylic oxidation sites excluding steroid dienone is 3. The standard InChI is InChI=1S/C20H26N2O.CH4O4S/c1-5-22(6-2)19-10-9-18(20(15-19)16(3)23)8-7-17-11-13-21(4)14-12-17;1-5-6(2,3)4/h7-13,15H,5-6,14H2,1-4H3;1H3,(H,2,3,4). The molecule has 1 aromatic rings. The van der Waals surface area contributed by atoms with Gasteiger partial charge in [0.2, 0.25) is 0 Å². The number of carbonyl (C=O) groups is 1. The zero-order valence-corrected chi connectivity index (χ0v) is 18.4. The van der Waals surface area contributed by atoms with E-state index in [2.05, 4.69) is 58.3 Å². The maximum Gasteiger partial charge on any atom is 0.397 e. The number of hydrogen-bond acceptors (Lipinski definition) is 6. The van der Waals surface area contributed by atoms with Crippen molar-refractivity contribution >= 4 is 27.9 Å². The minimum Gasteiger partial charge on any atom is -0.377 e. The summed E-state index contributed by atoms with van der Waals surface area (Å²) in [6.45, 7) is 8.68. The van der Waals surface area contributed by atoms with Crippen LogP contribution in [-0.4, -0.2) is 57.4 Å². The highest BCUT2D eigenvalue weighted by Crippen LogP contribution is 2.22. The van der Waals surface area contributed by atoms with E-state index in [1.54, 1.807) is 6.92 Å². The fraction of sp³-hybridized carbons (Fsp3) is 0.381. The SMILES string of the molecule is CCN(CC)c1ccc(C=CC2=CCN(C)C=C2)c(C(C)=O)c1.COS(=O)(=O)O. The Balaban J connectivity index is 0.000000612. The van der Waals surface area contributed by atoms with Gasteiger partial charge in [0.05, 0.1) is 7.11 Å². The van der Waals surface area contributed by atoms with Gasteiger partial charge in [-0.25, -0.2) is 0 Å². The lowest BCUT2D eigenvalue weighted by molar-refractivity contribution is 0.101. The van der Waals surface area contributed by atoms with Crippen molar-refractivity contribution in [2.45, 2.75) is 20.8 Å². The van der Waals surface area contributed by atoms with Crippen LogP contribution in [0, 0.1) is 0 Å². The summed E-state index contributed by atoms with van der Waals surface area (Å²) >= 11 is 0. The van der Waals surface area contributed by atoms with Crippen LogP contribution in [0.15, 0.2) is 48.2 Å². The molecule has 8 heteroatoms. The molecule has 0 aliphatic carbocycles. The van der Waals surface area contributed by atoms with Crippen LogP contribution >= 0.6 is 0 Å². The van der Waals surface area contributed by atoms with E-state index in [0.717, 1.165) is 43.6 Å². The van der Waals surface area contributed by atoms with E-state index in [9.17, 15) is 13.2 Å². The number of rotatable bonds is 7. The van der Waals surface area contributed by atoms with Crippen molar-refractivity contribution in [2.24, 2.45) is 0 Å². The molecule has 0 amide bonds. The number of anilines is 1. The third kappa shape index (κ3) is 8.64. The van der Waals surface area contributed by atoms with Crippen molar-refractivity contribution in [3.05, 3.63) is 59.3 Å². The zero-order valence-electron chi connectivity index (χ0n) is 17.6. The number of hydrogen-bond donors (Lipinski definition) is 1. The molecule has 0 fully saturated rings. The first-order valence-corrected chi connectivity index (χ1v) is 10.7. The van der Waals surface area contributed by atoms with Crippen molar-refractivity contribution in [3.63, 3.8) is 0 Å². The van der Waals surface area contributed by atoms with E-state index in [1.807, 2.05) is 25.3 Å². The second kappa shape index (κ2) is 11.5. The molecule has 1 heterocycles. The van der Waals surface area contributed by atoms with Crippen LogP contribution < -0.4 is 4.90 Å². The Labute approximate surface area is 173 Å². The quantitative estimate of drug-likeness (QED) is 0.531. The minimum absolute atomic E-state index is 0.103. The highest BCUT2D eigenvalue weighted by atomic mass is 32.3. The maximum absolute atomic E-state index is 12.0. The molecule has 0 radical (unpaired) electrons. The summed E-state index contributed by atoms with van der Waals surface area (Å²) in [6, 6.07) is 6.14. The molecule has 29 heavy (non-hydrogen) atoms. The van der Waals surface area contributed by atoms with Gasteiger partial charge in [-0.1, -0.05) is 24.3 Å². The average molecular weight is 423 g/mol. The molecule has 1 N–H and O–H groups in total. The highest BCUT2D eigenvalue weighted by molar-refractivity contribution is 7.80. The summed E-state index contributed by atoms with van der Waals surface area (Å²) in [5.74, 6) is 0.103. The predicted molar refractivity (Wildman–Crippen MR) is 117 cm³/mol. The van der Waals surface area contributed by atoms with Gasteiger partial charge in [0.25, 0.3) is 0 Å². The third-order valence-corrected chi connectivity index (χ3v) is 4.77. The monoisotopic (exact) mass is 422 g/mol. The number of nitrogens with zero attached hydrogens (tertiary/aromatic N) is 2. The molecule has 0 aromatic heterocycles. The minimum atomic E-state index is -4.16. The van der Waals surface area contributed by atoms with Crippen LogP contribution in [-0.2, 0) is 14.6 Å². The molecule has 1 aliphatic rings. The van der Waals surface area contributed by atoms with E-state index in [-0.39, 0.29) is 5.78 Å². The topological polar surface area (TPSA) is 87.2 Å². The Bertz CT molecular complexity index is 884. The van der Waals surface area contributed by atoms with Crippen molar-refractivity contribution in [1.29, 1.82) is 0 Å². The van der Waals surface area contributed by atoms with Gasteiger partial charge in [-0.3, -0.25) is 13.5 Å². The largest absolute Gasteiger partial charge is 0.397 e. The van der Waals surface area contributed by atoms with Crippen LogP contribution in [0.5, 0.6) is 0 Å². The Morgan fingerprint density at radius 1 is 1.28 bits per heavy atom. The van der Waals surface area contributed by atoms with Gasteiger partial charge in [-0.05, 0) is 56.3 Å². The van der Waals surface area contributed by atoms with Crippen LogP contribution in [0.4, 0.5) is 5.69 Å². The molecule has 0 saturated heterocycles. The molecule has 7 nitrogen and oxygen atoms in total. The number of carbonyl (C=O) groups excluding carboxylic acids is 1. The van der Waals surface area contributed by atoms with Crippen LogP contribution in [0.2, 0.25) is 0 Å². The summed E-state index contributed by atoms with van der Waals surface area (Å²) in [5, 5.41) is 0.